The highest BCUT2D eigenvalue weighted by Gasteiger charge is 2.19. The van der Waals surface area contributed by atoms with E-state index < -0.39 is 0 Å². The first-order valence-electron chi connectivity index (χ1n) is 14.9. The second kappa shape index (κ2) is 13.7. The minimum absolute atomic E-state index is 0.0649. The van der Waals surface area contributed by atoms with Gasteiger partial charge in [0.2, 0.25) is 5.95 Å². The summed E-state index contributed by atoms with van der Waals surface area (Å²) in [6.45, 7) is 6.22. The van der Waals surface area contributed by atoms with Crippen molar-refractivity contribution in [2.24, 2.45) is 0 Å². The fourth-order valence-electron chi connectivity index (χ4n) is 5.32. The number of benzene rings is 2. The Morgan fingerprint density at radius 3 is 2.60 bits per heavy atom. The molecule has 0 aliphatic heterocycles. The third kappa shape index (κ3) is 7.23. The van der Waals surface area contributed by atoms with Gasteiger partial charge in [0, 0.05) is 39.6 Å². The van der Waals surface area contributed by atoms with Gasteiger partial charge in [-0.3, -0.25) is 9.59 Å². The number of fused-ring (bicyclic) bond motifs is 1. The van der Waals surface area contributed by atoms with Crippen LogP contribution in [-0.2, 0) is 12.8 Å². The number of nitrogens with zero attached hydrogens (tertiary/aromatic N) is 2. The predicted molar refractivity (Wildman–Crippen MR) is 172 cm³/mol. The van der Waals surface area contributed by atoms with Gasteiger partial charge >= 0.3 is 0 Å². The third-order valence-corrected chi connectivity index (χ3v) is 8.99. The van der Waals surface area contributed by atoms with Gasteiger partial charge in [0.25, 0.3) is 11.8 Å². The van der Waals surface area contributed by atoms with Crippen LogP contribution in [0.5, 0.6) is 0 Å². The van der Waals surface area contributed by atoms with Crippen molar-refractivity contribution in [1.29, 1.82) is 0 Å². The van der Waals surface area contributed by atoms with Gasteiger partial charge in [-0.2, -0.15) is 0 Å². The molecule has 2 aromatic heterocycles. The second-order valence-corrected chi connectivity index (χ2v) is 12.2. The van der Waals surface area contributed by atoms with Crippen LogP contribution >= 0.6 is 11.3 Å². The van der Waals surface area contributed by atoms with Gasteiger partial charge in [0.1, 0.15) is 0 Å². The number of hydrogen-bond donors (Lipinski definition) is 3. The molecule has 0 saturated heterocycles. The molecule has 5 rings (SSSR count). The lowest BCUT2D eigenvalue weighted by molar-refractivity contribution is 0.0937. The lowest BCUT2D eigenvalue weighted by Gasteiger charge is -2.14. The fourth-order valence-corrected chi connectivity index (χ4v) is 6.47. The number of rotatable bonds is 11. The van der Waals surface area contributed by atoms with Crippen LogP contribution in [0.1, 0.15) is 88.4 Å². The largest absolute Gasteiger partial charge is 0.350 e. The maximum Gasteiger partial charge on any atom is 0.265 e. The maximum atomic E-state index is 13.1. The van der Waals surface area contributed by atoms with Crippen LogP contribution in [0.3, 0.4) is 0 Å². The van der Waals surface area contributed by atoms with Gasteiger partial charge in [-0.25, -0.2) is 9.97 Å². The Bertz CT molecular complexity index is 1520. The van der Waals surface area contributed by atoms with Gasteiger partial charge in [0.15, 0.2) is 0 Å². The Morgan fingerprint density at radius 1 is 1.00 bits per heavy atom. The fraction of sp³-hybridized carbons (Fsp3) is 0.353. The molecule has 42 heavy (non-hydrogen) atoms. The molecule has 0 radical (unpaired) electrons. The van der Waals surface area contributed by atoms with Crippen molar-refractivity contribution in [2.45, 2.75) is 78.2 Å². The maximum absolute atomic E-state index is 13.1. The van der Waals surface area contributed by atoms with E-state index in [0.29, 0.717) is 11.5 Å². The molecule has 3 N–H and O–H groups in total. The van der Waals surface area contributed by atoms with E-state index >= 15 is 0 Å². The van der Waals surface area contributed by atoms with Gasteiger partial charge in [0.05, 0.1) is 10.6 Å². The van der Waals surface area contributed by atoms with Gasteiger partial charge < -0.3 is 16.0 Å². The molecule has 0 spiro atoms. The summed E-state index contributed by atoms with van der Waals surface area (Å²) in [5.41, 5.74) is 6.12. The van der Waals surface area contributed by atoms with Gasteiger partial charge in [-0.1, -0.05) is 38.3 Å². The van der Waals surface area contributed by atoms with E-state index in [1.807, 2.05) is 43.3 Å². The van der Waals surface area contributed by atoms with E-state index in [4.69, 9.17) is 4.98 Å². The Balaban J connectivity index is 1.24. The summed E-state index contributed by atoms with van der Waals surface area (Å²) in [6, 6.07) is 17.3. The van der Waals surface area contributed by atoms with Crippen LogP contribution < -0.4 is 16.0 Å². The number of anilines is 3. The summed E-state index contributed by atoms with van der Waals surface area (Å²) in [5.74, 6) is 0.319. The normalized spacial score (nSPS) is 13.2. The monoisotopic (exact) mass is 581 g/mol. The zero-order valence-corrected chi connectivity index (χ0v) is 25.4. The summed E-state index contributed by atoms with van der Waals surface area (Å²) in [6.07, 6.45) is 10.7. The molecule has 4 aromatic rings. The molecule has 2 aromatic carbocycles. The average Bonchev–Trinajstić information content (AvgIpc) is 3.44. The Kier molecular flexibility index (Phi) is 9.64. The van der Waals surface area contributed by atoms with E-state index in [9.17, 15) is 9.59 Å². The smallest absolute Gasteiger partial charge is 0.265 e. The zero-order valence-electron chi connectivity index (χ0n) is 24.6. The number of carbonyl (C=O) groups is 2. The molecular weight excluding hydrogens is 542 g/mol. The molecule has 1 aliphatic carbocycles. The van der Waals surface area contributed by atoms with Crippen molar-refractivity contribution < 1.29 is 9.59 Å². The van der Waals surface area contributed by atoms with E-state index in [-0.39, 0.29) is 17.9 Å². The average molecular weight is 582 g/mol. The first-order chi connectivity index (χ1) is 20.4. The lowest BCUT2D eigenvalue weighted by Crippen LogP contribution is -2.32. The molecular formula is C34H39N5O2S. The summed E-state index contributed by atoms with van der Waals surface area (Å²) >= 11 is 1.62. The number of unbranched alkanes of at least 4 members (excludes halogenated alkanes) is 2. The van der Waals surface area contributed by atoms with E-state index in [1.165, 1.54) is 36.1 Å². The van der Waals surface area contributed by atoms with Crippen LogP contribution in [0.2, 0.25) is 0 Å². The van der Waals surface area contributed by atoms with Crippen LogP contribution in [-0.4, -0.2) is 27.8 Å². The summed E-state index contributed by atoms with van der Waals surface area (Å²) in [5, 5.41) is 9.45. The van der Waals surface area contributed by atoms with Crippen LogP contribution in [0.15, 0.2) is 60.8 Å². The molecule has 8 heteroatoms. The topological polar surface area (TPSA) is 96.0 Å². The number of hydrogen-bond acceptors (Lipinski definition) is 6. The number of aryl methyl sites for hydroxylation is 2. The quantitative estimate of drug-likeness (QED) is 0.156. The Hall–Kier alpha value is -4.04. The highest BCUT2D eigenvalue weighted by atomic mass is 32.1. The van der Waals surface area contributed by atoms with Crippen LogP contribution in [0, 0.1) is 6.92 Å². The standard InChI is InChI=1S/C34H39N5O2S/c1-4-5-6-10-22(2)36-32(40)24-15-17-26(18-16-24)37-34-35-20-19-29(39-34)27-12-9-13-28(23(27)3)38-33(41)31-21-25-11-7-8-14-30(25)42-31/h9,12-13,15-22H,4-8,10-11,14H2,1-3H3,(H,36,40)(H,38,41)(H,35,37,39). The SMILES string of the molecule is CCCCCC(C)NC(=O)c1ccc(Nc2nccc(-c3cccc(NC(=O)c4cc5c(s4)CCCC5)c3C)n2)cc1. The summed E-state index contributed by atoms with van der Waals surface area (Å²) in [4.78, 5) is 37.0. The van der Waals surface area contributed by atoms with Crippen molar-refractivity contribution in [3.8, 4) is 11.3 Å². The van der Waals surface area contributed by atoms with Crippen LogP contribution in [0.25, 0.3) is 11.3 Å². The highest BCUT2D eigenvalue weighted by Crippen LogP contribution is 2.32. The number of nitrogens with one attached hydrogen (secondary N) is 3. The Labute approximate surface area is 252 Å². The molecule has 2 amide bonds. The zero-order chi connectivity index (χ0) is 29.5. The minimum atomic E-state index is -0.0669. The first-order valence-corrected chi connectivity index (χ1v) is 15.8. The molecule has 1 unspecified atom stereocenters. The lowest BCUT2D eigenvalue weighted by atomic mass is 9.99. The van der Waals surface area contributed by atoms with Gasteiger partial charge in [-0.05, 0) is 99.5 Å². The molecule has 0 fully saturated rings. The van der Waals surface area contributed by atoms with Gasteiger partial charge in [-0.15, -0.1) is 11.3 Å². The van der Waals surface area contributed by atoms with E-state index in [0.717, 1.165) is 58.8 Å². The highest BCUT2D eigenvalue weighted by molar-refractivity contribution is 7.14. The number of aromatic nitrogens is 2. The molecule has 0 bridgehead atoms. The van der Waals surface area contributed by atoms with Crippen molar-refractivity contribution in [2.75, 3.05) is 10.6 Å². The van der Waals surface area contributed by atoms with Crippen molar-refractivity contribution >= 4 is 40.5 Å². The number of thiophene rings is 1. The van der Waals surface area contributed by atoms with Crippen molar-refractivity contribution in [3.63, 3.8) is 0 Å². The Morgan fingerprint density at radius 2 is 1.81 bits per heavy atom. The number of carbonyl (C=O) groups excluding carboxylic acids is 2. The minimum Gasteiger partial charge on any atom is -0.350 e. The third-order valence-electron chi connectivity index (χ3n) is 7.76. The molecule has 218 valence electrons. The predicted octanol–water partition coefficient (Wildman–Crippen LogP) is 8.09. The van der Waals surface area contributed by atoms with Crippen molar-refractivity contribution in [3.05, 3.63) is 87.2 Å². The summed E-state index contributed by atoms with van der Waals surface area (Å²) in [7, 11) is 0. The second-order valence-electron chi connectivity index (χ2n) is 11.0. The molecule has 7 nitrogen and oxygen atoms in total. The van der Waals surface area contributed by atoms with Crippen LogP contribution in [0.4, 0.5) is 17.3 Å². The molecule has 2 heterocycles. The van der Waals surface area contributed by atoms with E-state index in [2.05, 4.69) is 40.8 Å². The molecule has 1 atom stereocenters. The van der Waals surface area contributed by atoms with E-state index in [1.54, 1.807) is 29.7 Å². The summed E-state index contributed by atoms with van der Waals surface area (Å²) < 4.78 is 0. The molecule has 1 aliphatic rings. The first kappa shape index (κ1) is 29.5. The van der Waals surface area contributed by atoms with Crippen molar-refractivity contribution in [1.82, 2.24) is 15.3 Å². The molecule has 0 saturated carbocycles. The number of amides is 2.